The molecule has 2 heterocycles. The van der Waals surface area contributed by atoms with E-state index in [1.54, 1.807) is 12.3 Å². The number of carbonyl (C=O) groups is 1. The Morgan fingerprint density at radius 1 is 1.71 bits per heavy atom. The Balaban J connectivity index is 2.31. The van der Waals surface area contributed by atoms with Crippen LogP contribution in [-0.4, -0.2) is 17.7 Å². The van der Waals surface area contributed by atoms with Gasteiger partial charge in [0, 0.05) is 10.7 Å². The fourth-order valence-electron chi connectivity index (χ4n) is 1.25. The number of nitrogens with one attached hydrogen (secondary N) is 1. The van der Waals surface area contributed by atoms with Gasteiger partial charge in [0.2, 0.25) is 0 Å². The summed E-state index contributed by atoms with van der Waals surface area (Å²) in [6, 6.07) is 1.54. The van der Waals surface area contributed by atoms with E-state index in [4.69, 9.17) is 16.3 Å². The van der Waals surface area contributed by atoms with Crippen molar-refractivity contribution in [2.24, 2.45) is 0 Å². The Morgan fingerprint density at radius 3 is 3.14 bits per heavy atom. The van der Waals surface area contributed by atoms with Crippen LogP contribution in [0.5, 0.6) is 0 Å². The highest BCUT2D eigenvalue weighted by molar-refractivity contribution is 9.10. The Kier molecular flexibility index (Phi) is 2.60. The standard InChI is InChI=1S/C8H6BrClN2O2/c9-5-2-11-7(10)1-4(5)6-3-14-8(13)12-6/h1-2,6H,3H2,(H,12,13). The normalized spacial score (nSPS) is 20.4. The second-order valence-corrected chi connectivity index (χ2v) is 4.07. The zero-order valence-electron chi connectivity index (χ0n) is 6.96. The molecule has 0 aliphatic carbocycles. The molecule has 1 saturated heterocycles. The number of hydrogen-bond acceptors (Lipinski definition) is 3. The van der Waals surface area contributed by atoms with Gasteiger partial charge in [0.15, 0.2) is 0 Å². The molecule has 0 spiro atoms. The second kappa shape index (κ2) is 3.74. The van der Waals surface area contributed by atoms with Crippen LogP contribution < -0.4 is 5.32 Å². The van der Waals surface area contributed by atoms with Crippen molar-refractivity contribution in [3.8, 4) is 0 Å². The molecule has 1 aliphatic heterocycles. The number of amides is 1. The Bertz CT molecular complexity index is 386. The van der Waals surface area contributed by atoms with Crippen LogP contribution in [0.1, 0.15) is 11.6 Å². The minimum absolute atomic E-state index is 0.155. The highest BCUT2D eigenvalue weighted by Gasteiger charge is 2.25. The van der Waals surface area contributed by atoms with E-state index in [1.807, 2.05) is 0 Å². The van der Waals surface area contributed by atoms with Crippen LogP contribution in [0.2, 0.25) is 5.15 Å². The smallest absolute Gasteiger partial charge is 0.407 e. The minimum atomic E-state index is -0.408. The van der Waals surface area contributed by atoms with Gasteiger partial charge >= 0.3 is 6.09 Å². The largest absolute Gasteiger partial charge is 0.447 e. The molecule has 1 atom stereocenters. The molecule has 6 heteroatoms. The van der Waals surface area contributed by atoms with Crippen molar-refractivity contribution in [1.29, 1.82) is 0 Å². The van der Waals surface area contributed by atoms with Gasteiger partial charge in [-0.2, -0.15) is 0 Å². The second-order valence-electron chi connectivity index (χ2n) is 2.82. The van der Waals surface area contributed by atoms with Gasteiger partial charge in [-0.1, -0.05) is 11.6 Å². The monoisotopic (exact) mass is 276 g/mol. The van der Waals surface area contributed by atoms with Gasteiger partial charge in [-0.15, -0.1) is 0 Å². The first kappa shape index (κ1) is 9.73. The molecule has 0 radical (unpaired) electrons. The van der Waals surface area contributed by atoms with Gasteiger partial charge in [0.1, 0.15) is 11.8 Å². The number of aromatic nitrogens is 1. The van der Waals surface area contributed by atoms with E-state index < -0.39 is 6.09 Å². The summed E-state index contributed by atoms with van der Waals surface area (Å²) in [6.07, 6.45) is 1.19. The quantitative estimate of drug-likeness (QED) is 0.801. The van der Waals surface area contributed by atoms with Crippen LogP contribution >= 0.6 is 27.5 Å². The summed E-state index contributed by atoms with van der Waals surface area (Å²) in [4.78, 5) is 14.7. The maximum atomic E-state index is 10.8. The van der Waals surface area contributed by atoms with Crippen LogP contribution in [-0.2, 0) is 4.74 Å². The molecule has 0 saturated carbocycles. The average Bonchev–Trinajstić information content (AvgIpc) is 2.56. The molecule has 0 aromatic carbocycles. The van der Waals surface area contributed by atoms with Crippen LogP contribution in [0.4, 0.5) is 4.79 Å². The number of alkyl carbamates (subject to hydrolysis) is 1. The van der Waals surface area contributed by atoms with Crippen LogP contribution in [0.15, 0.2) is 16.7 Å². The van der Waals surface area contributed by atoms with Crippen molar-refractivity contribution in [2.45, 2.75) is 6.04 Å². The van der Waals surface area contributed by atoms with Crippen LogP contribution in [0.3, 0.4) is 0 Å². The SMILES string of the molecule is O=C1NC(c2cc(Cl)ncc2Br)CO1. The number of pyridine rings is 1. The number of nitrogens with zero attached hydrogens (tertiary/aromatic N) is 1. The Hall–Kier alpha value is -0.810. The molecule has 4 nitrogen and oxygen atoms in total. The van der Waals surface area contributed by atoms with E-state index in [1.165, 1.54) is 0 Å². The van der Waals surface area contributed by atoms with Crippen molar-refractivity contribution in [1.82, 2.24) is 10.3 Å². The molecule has 14 heavy (non-hydrogen) atoms. The third-order valence-electron chi connectivity index (χ3n) is 1.90. The molecule has 1 aromatic rings. The number of ether oxygens (including phenoxy) is 1. The summed E-state index contributed by atoms with van der Waals surface area (Å²) in [7, 11) is 0. The Morgan fingerprint density at radius 2 is 2.50 bits per heavy atom. The fourth-order valence-corrected chi connectivity index (χ4v) is 1.91. The molecular formula is C8H6BrClN2O2. The lowest BCUT2D eigenvalue weighted by Crippen LogP contribution is -2.18. The van der Waals surface area contributed by atoms with E-state index in [2.05, 4.69) is 26.2 Å². The van der Waals surface area contributed by atoms with Crippen LogP contribution in [0, 0.1) is 0 Å². The maximum absolute atomic E-state index is 10.8. The van der Waals surface area contributed by atoms with Gasteiger partial charge in [-0.3, -0.25) is 0 Å². The molecule has 0 bridgehead atoms. The molecule has 1 N–H and O–H groups in total. The molecule has 1 aliphatic rings. The highest BCUT2D eigenvalue weighted by atomic mass is 79.9. The van der Waals surface area contributed by atoms with Crippen molar-refractivity contribution in [3.05, 3.63) is 27.5 Å². The van der Waals surface area contributed by atoms with Crippen molar-refractivity contribution in [2.75, 3.05) is 6.61 Å². The van der Waals surface area contributed by atoms with E-state index >= 15 is 0 Å². The van der Waals surface area contributed by atoms with Crippen molar-refractivity contribution >= 4 is 33.6 Å². The summed E-state index contributed by atoms with van der Waals surface area (Å²) >= 11 is 9.08. The first-order valence-corrected chi connectivity index (χ1v) is 5.08. The first-order valence-electron chi connectivity index (χ1n) is 3.91. The van der Waals surface area contributed by atoms with Crippen LogP contribution in [0.25, 0.3) is 0 Å². The lowest BCUT2D eigenvalue weighted by atomic mass is 10.1. The third-order valence-corrected chi connectivity index (χ3v) is 2.77. The Labute approximate surface area is 93.7 Å². The highest BCUT2D eigenvalue weighted by Crippen LogP contribution is 2.27. The van der Waals surface area contributed by atoms with E-state index in [0.717, 1.165) is 10.0 Å². The number of rotatable bonds is 1. The predicted molar refractivity (Wildman–Crippen MR) is 54.2 cm³/mol. The maximum Gasteiger partial charge on any atom is 0.407 e. The number of halogens is 2. The summed E-state index contributed by atoms with van der Waals surface area (Å²) in [5.41, 5.74) is 0.871. The summed E-state index contributed by atoms with van der Waals surface area (Å²) < 4.78 is 5.58. The van der Waals surface area contributed by atoms with Gasteiger partial charge in [-0.25, -0.2) is 9.78 Å². The average molecular weight is 278 g/mol. The zero-order valence-corrected chi connectivity index (χ0v) is 9.30. The lowest BCUT2D eigenvalue weighted by molar-refractivity contribution is 0.177. The number of hydrogen-bond donors (Lipinski definition) is 1. The summed E-state index contributed by atoms with van der Waals surface area (Å²) in [6.45, 7) is 0.317. The fraction of sp³-hybridized carbons (Fsp3) is 0.250. The molecule has 1 unspecified atom stereocenters. The number of cyclic esters (lactones) is 1. The van der Waals surface area contributed by atoms with Gasteiger partial charge < -0.3 is 10.1 Å². The molecule has 74 valence electrons. The topological polar surface area (TPSA) is 51.2 Å². The summed E-state index contributed by atoms with van der Waals surface area (Å²) in [5, 5.41) is 3.05. The lowest BCUT2D eigenvalue weighted by Gasteiger charge is -2.09. The molecular weight excluding hydrogens is 271 g/mol. The molecule has 1 aromatic heterocycles. The van der Waals surface area contributed by atoms with Crippen molar-refractivity contribution in [3.63, 3.8) is 0 Å². The van der Waals surface area contributed by atoms with Gasteiger partial charge in [0.25, 0.3) is 0 Å². The molecule has 1 amide bonds. The molecule has 2 rings (SSSR count). The first-order chi connectivity index (χ1) is 6.66. The van der Waals surface area contributed by atoms with Gasteiger partial charge in [-0.05, 0) is 27.6 Å². The predicted octanol–water partition coefficient (Wildman–Crippen LogP) is 2.28. The van der Waals surface area contributed by atoms with Gasteiger partial charge in [0.05, 0.1) is 6.04 Å². The van der Waals surface area contributed by atoms with Crippen molar-refractivity contribution < 1.29 is 9.53 Å². The minimum Gasteiger partial charge on any atom is -0.447 e. The number of carbonyl (C=O) groups excluding carboxylic acids is 1. The van der Waals surface area contributed by atoms with E-state index in [9.17, 15) is 4.79 Å². The van der Waals surface area contributed by atoms with E-state index in [-0.39, 0.29) is 6.04 Å². The van der Waals surface area contributed by atoms with E-state index in [0.29, 0.717) is 11.8 Å². The molecule has 1 fully saturated rings. The third kappa shape index (κ3) is 1.83. The summed E-state index contributed by atoms with van der Waals surface area (Å²) in [5.74, 6) is 0. The zero-order chi connectivity index (χ0) is 10.1.